The fourth-order valence-corrected chi connectivity index (χ4v) is 2.64. The first kappa shape index (κ1) is 20.2. The minimum atomic E-state index is -0.249. The van der Waals surface area contributed by atoms with Gasteiger partial charge in [0.05, 0.1) is 17.7 Å². The number of halogens is 2. The molecular weight excluding hydrogens is 311 g/mol. The summed E-state index contributed by atoms with van der Waals surface area (Å²) in [6, 6.07) is 0. The number of nitrogens with zero attached hydrogens (tertiary/aromatic N) is 2. The minimum Gasteiger partial charge on any atom is -0.349 e. The third-order valence-electron chi connectivity index (χ3n) is 4.32. The number of carbonyl (C=O) groups is 1. The summed E-state index contributed by atoms with van der Waals surface area (Å²) < 4.78 is 1.82. The van der Waals surface area contributed by atoms with Crippen molar-refractivity contribution in [3.63, 3.8) is 0 Å². The average Bonchev–Trinajstić information content (AvgIpc) is 3.15. The van der Waals surface area contributed by atoms with Crippen LogP contribution in [0.3, 0.4) is 0 Å². The lowest BCUT2D eigenvalue weighted by molar-refractivity contribution is -0.122. The summed E-state index contributed by atoms with van der Waals surface area (Å²) >= 11 is 0. The first-order valence-corrected chi connectivity index (χ1v) is 6.87. The Morgan fingerprint density at radius 3 is 2.38 bits per heavy atom. The third-order valence-corrected chi connectivity index (χ3v) is 4.32. The molecule has 1 saturated carbocycles. The van der Waals surface area contributed by atoms with Gasteiger partial charge >= 0.3 is 0 Å². The van der Waals surface area contributed by atoms with E-state index in [0.29, 0.717) is 18.9 Å². The topological polar surface area (TPSA) is 72.9 Å². The van der Waals surface area contributed by atoms with Gasteiger partial charge in [0.25, 0.3) is 0 Å². The maximum atomic E-state index is 12.2. The van der Waals surface area contributed by atoms with Crippen molar-refractivity contribution in [2.24, 2.45) is 18.7 Å². The second-order valence-electron chi connectivity index (χ2n) is 5.89. The third kappa shape index (κ3) is 4.34. The Bertz CT molecular complexity index is 499. The number of rotatable bonds is 5. The van der Waals surface area contributed by atoms with E-state index in [1.54, 1.807) is 0 Å². The first-order chi connectivity index (χ1) is 8.87. The van der Waals surface area contributed by atoms with E-state index in [9.17, 15) is 4.79 Å². The molecule has 2 rings (SSSR count). The Kier molecular flexibility index (Phi) is 7.20. The lowest BCUT2D eigenvalue weighted by atomic mass is 9.95. The lowest BCUT2D eigenvalue weighted by Crippen LogP contribution is -2.53. The van der Waals surface area contributed by atoms with E-state index < -0.39 is 0 Å². The van der Waals surface area contributed by atoms with Crippen LogP contribution in [0, 0.1) is 19.8 Å². The van der Waals surface area contributed by atoms with Gasteiger partial charge in [-0.2, -0.15) is 5.10 Å². The number of nitrogens with two attached hydrogens (primary N) is 1. The molecule has 7 heteroatoms. The number of aromatic nitrogens is 2. The van der Waals surface area contributed by atoms with Crippen molar-refractivity contribution in [2.75, 3.05) is 6.54 Å². The molecule has 0 saturated heterocycles. The summed E-state index contributed by atoms with van der Waals surface area (Å²) in [6.07, 6.45) is 2.71. The van der Waals surface area contributed by atoms with Crippen molar-refractivity contribution >= 4 is 30.7 Å². The first-order valence-electron chi connectivity index (χ1n) is 6.87. The van der Waals surface area contributed by atoms with E-state index in [0.717, 1.165) is 17.0 Å². The molecular formula is C14H26Cl2N4O. The highest BCUT2D eigenvalue weighted by Crippen LogP contribution is 2.39. The second kappa shape index (κ2) is 7.47. The smallest absolute Gasteiger partial charge is 0.225 e. The van der Waals surface area contributed by atoms with E-state index >= 15 is 0 Å². The van der Waals surface area contributed by atoms with Gasteiger partial charge in [0.2, 0.25) is 5.91 Å². The normalized spacial score (nSPS) is 16.4. The molecule has 1 aliphatic carbocycles. The predicted molar refractivity (Wildman–Crippen MR) is 89.2 cm³/mol. The van der Waals surface area contributed by atoms with Gasteiger partial charge in [-0.1, -0.05) is 0 Å². The van der Waals surface area contributed by atoms with Crippen molar-refractivity contribution in [1.29, 1.82) is 0 Å². The molecule has 1 unspecified atom stereocenters. The van der Waals surface area contributed by atoms with Gasteiger partial charge in [0.1, 0.15) is 0 Å². The Morgan fingerprint density at radius 1 is 1.43 bits per heavy atom. The number of nitrogens with one attached hydrogen (secondary N) is 1. The molecule has 1 aliphatic rings. The zero-order chi connectivity index (χ0) is 14.2. The van der Waals surface area contributed by atoms with Crippen LogP contribution in [0.15, 0.2) is 0 Å². The molecule has 1 heterocycles. The Morgan fingerprint density at radius 2 is 2.00 bits per heavy atom. The molecule has 0 spiro atoms. The summed E-state index contributed by atoms with van der Waals surface area (Å²) in [6.45, 7) is 6.48. The van der Waals surface area contributed by atoms with Crippen LogP contribution in [-0.4, -0.2) is 27.8 Å². The summed E-state index contributed by atoms with van der Waals surface area (Å²) in [5.41, 5.74) is 8.57. The van der Waals surface area contributed by atoms with Crippen molar-refractivity contribution in [3.05, 3.63) is 17.0 Å². The van der Waals surface area contributed by atoms with Gasteiger partial charge in [-0.25, -0.2) is 0 Å². The van der Waals surface area contributed by atoms with Gasteiger partial charge in [-0.05, 0) is 39.5 Å². The highest BCUT2D eigenvalue weighted by molar-refractivity contribution is 5.85. The van der Waals surface area contributed by atoms with E-state index in [1.807, 2.05) is 32.5 Å². The van der Waals surface area contributed by atoms with Gasteiger partial charge < -0.3 is 11.1 Å². The average molecular weight is 337 g/mol. The zero-order valence-electron chi connectivity index (χ0n) is 13.1. The van der Waals surface area contributed by atoms with Crippen LogP contribution in [0.4, 0.5) is 0 Å². The minimum absolute atomic E-state index is 0. The molecule has 1 aromatic heterocycles. The fourth-order valence-electron chi connectivity index (χ4n) is 2.64. The van der Waals surface area contributed by atoms with Crippen LogP contribution in [0.2, 0.25) is 0 Å². The predicted octanol–water partition coefficient (Wildman–Crippen LogP) is 1.67. The summed E-state index contributed by atoms with van der Waals surface area (Å²) in [5, 5.41) is 7.46. The van der Waals surface area contributed by atoms with Crippen LogP contribution < -0.4 is 11.1 Å². The van der Waals surface area contributed by atoms with Gasteiger partial charge in [-0.3, -0.25) is 9.48 Å². The molecule has 1 fully saturated rings. The Labute approximate surface area is 138 Å². The van der Waals surface area contributed by atoms with E-state index in [1.165, 1.54) is 12.8 Å². The maximum absolute atomic E-state index is 12.2. The highest BCUT2D eigenvalue weighted by Gasteiger charge is 2.41. The van der Waals surface area contributed by atoms with Gasteiger partial charge in [0.15, 0.2) is 0 Å². The van der Waals surface area contributed by atoms with Crippen molar-refractivity contribution in [2.45, 2.75) is 45.6 Å². The Hall–Kier alpha value is -0.780. The van der Waals surface area contributed by atoms with E-state index in [4.69, 9.17) is 5.73 Å². The second-order valence-corrected chi connectivity index (χ2v) is 5.89. The fraction of sp³-hybridized carbons (Fsp3) is 0.714. The summed E-state index contributed by atoms with van der Waals surface area (Å²) in [5.74, 6) is 0.580. The van der Waals surface area contributed by atoms with Crippen LogP contribution >= 0.6 is 24.8 Å². The van der Waals surface area contributed by atoms with Crippen molar-refractivity contribution in [3.8, 4) is 0 Å². The van der Waals surface area contributed by atoms with Crippen LogP contribution in [0.1, 0.15) is 36.7 Å². The molecule has 122 valence electrons. The SMILES string of the molecule is Cc1nn(C)c(C)c1CC(=O)NC(C)(CN)C1CC1.Cl.Cl. The molecule has 0 radical (unpaired) electrons. The van der Waals surface area contributed by atoms with Crippen LogP contribution in [0.5, 0.6) is 0 Å². The van der Waals surface area contributed by atoms with E-state index in [2.05, 4.69) is 10.4 Å². The number of hydrogen-bond donors (Lipinski definition) is 2. The molecule has 0 aliphatic heterocycles. The number of amides is 1. The standard InChI is InChI=1S/C14H24N4O.2ClH/c1-9-12(10(2)18(4)17-9)7-13(19)16-14(3,8-15)11-5-6-11;;/h11H,5-8,15H2,1-4H3,(H,16,19);2*1H. The molecule has 0 aromatic carbocycles. The molecule has 1 aromatic rings. The largest absolute Gasteiger partial charge is 0.349 e. The quantitative estimate of drug-likeness (QED) is 0.858. The van der Waals surface area contributed by atoms with Gasteiger partial charge in [-0.15, -0.1) is 24.8 Å². The molecule has 3 N–H and O–H groups in total. The maximum Gasteiger partial charge on any atom is 0.225 e. The number of hydrogen-bond acceptors (Lipinski definition) is 3. The number of carbonyl (C=O) groups excluding carboxylic acids is 1. The molecule has 1 atom stereocenters. The van der Waals surface area contributed by atoms with Gasteiger partial charge in [0, 0.05) is 24.8 Å². The van der Waals surface area contributed by atoms with Crippen LogP contribution in [-0.2, 0) is 18.3 Å². The molecule has 1 amide bonds. The van der Waals surface area contributed by atoms with Crippen molar-refractivity contribution in [1.82, 2.24) is 15.1 Å². The van der Waals surface area contributed by atoms with E-state index in [-0.39, 0.29) is 36.3 Å². The monoisotopic (exact) mass is 336 g/mol. The molecule has 5 nitrogen and oxygen atoms in total. The molecule has 21 heavy (non-hydrogen) atoms. The lowest BCUT2D eigenvalue weighted by Gasteiger charge is -2.29. The number of aryl methyl sites for hydroxylation is 2. The Balaban J connectivity index is 0.00000200. The molecule has 0 bridgehead atoms. The van der Waals surface area contributed by atoms with Crippen LogP contribution in [0.25, 0.3) is 0 Å². The zero-order valence-corrected chi connectivity index (χ0v) is 14.7. The summed E-state index contributed by atoms with van der Waals surface area (Å²) in [4.78, 5) is 12.2. The highest BCUT2D eigenvalue weighted by atomic mass is 35.5. The van der Waals surface area contributed by atoms with Crippen molar-refractivity contribution < 1.29 is 4.79 Å². The summed E-state index contributed by atoms with van der Waals surface area (Å²) in [7, 11) is 1.90.